The van der Waals surface area contributed by atoms with Gasteiger partial charge in [-0.25, -0.2) is 8.42 Å². The predicted molar refractivity (Wildman–Crippen MR) is 73.0 cm³/mol. The van der Waals surface area contributed by atoms with Gasteiger partial charge in [0.05, 0.1) is 0 Å². The minimum atomic E-state index is -3.28. The predicted octanol–water partition coefficient (Wildman–Crippen LogP) is 2.39. The van der Waals surface area contributed by atoms with Gasteiger partial charge in [0.15, 0.2) is 9.84 Å². The molecular weight excluding hydrogens is 250 g/mol. The van der Waals surface area contributed by atoms with Crippen LogP contribution < -0.4 is 0 Å². The molecule has 0 heterocycles. The summed E-state index contributed by atoms with van der Waals surface area (Å²) in [5, 5.41) is 11.7. The third-order valence-corrected chi connectivity index (χ3v) is 5.27. The molecule has 1 N–H and O–H groups in total. The highest BCUT2D eigenvalue weighted by molar-refractivity contribution is 7.92. The summed E-state index contributed by atoms with van der Waals surface area (Å²) in [6.07, 6.45) is 0.393. The number of hydrogen-bond donors (Lipinski definition) is 1. The van der Waals surface area contributed by atoms with Gasteiger partial charge in [0.25, 0.3) is 0 Å². The molecule has 100 valence electrons. The molecule has 0 bridgehead atoms. The molecular formula is C13H19NO3S. The van der Waals surface area contributed by atoms with Crippen LogP contribution in [0.4, 0.5) is 0 Å². The fourth-order valence-corrected chi connectivity index (χ4v) is 3.40. The van der Waals surface area contributed by atoms with Gasteiger partial charge < -0.3 is 5.21 Å². The molecule has 1 rings (SSSR count). The summed E-state index contributed by atoms with van der Waals surface area (Å²) in [5.74, 6) is 0.0381. The molecule has 0 fully saturated rings. The molecule has 0 saturated carbocycles. The topological polar surface area (TPSA) is 66.7 Å². The molecule has 4 nitrogen and oxygen atoms in total. The number of rotatable bonds is 5. The SMILES string of the molecule is CC[C@@H](/C(=N\O)c1ccccc1C)S(=O)(=O)CC. The Bertz CT molecular complexity index is 535. The maximum atomic E-state index is 12.0. The molecule has 0 unspecified atom stereocenters. The van der Waals surface area contributed by atoms with Gasteiger partial charge in [-0.2, -0.15) is 0 Å². The lowest BCUT2D eigenvalue weighted by Crippen LogP contribution is -2.32. The van der Waals surface area contributed by atoms with Gasteiger partial charge in [-0.1, -0.05) is 43.3 Å². The Kier molecular flexibility index (Phi) is 4.90. The maximum absolute atomic E-state index is 12.0. The molecule has 1 aromatic carbocycles. The van der Waals surface area contributed by atoms with Crippen molar-refractivity contribution in [2.24, 2.45) is 5.16 Å². The summed E-state index contributed by atoms with van der Waals surface area (Å²) in [4.78, 5) is 0. The van der Waals surface area contributed by atoms with Gasteiger partial charge in [0, 0.05) is 11.3 Å². The molecule has 0 amide bonds. The number of benzene rings is 1. The minimum Gasteiger partial charge on any atom is -0.411 e. The van der Waals surface area contributed by atoms with Crippen LogP contribution in [-0.2, 0) is 9.84 Å². The number of sulfone groups is 1. The lowest BCUT2D eigenvalue weighted by atomic mass is 10.0. The molecule has 0 aromatic heterocycles. The second kappa shape index (κ2) is 6.00. The van der Waals surface area contributed by atoms with E-state index in [0.717, 1.165) is 5.56 Å². The van der Waals surface area contributed by atoms with Crippen LogP contribution in [0.5, 0.6) is 0 Å². The molecule has 0 radical (unpaired) electrons. The first kappa shape index (κ1) is 14.7. The first-order chi connectivity index (χ1) is 8.47. The van der Waals surface area contributed by atoms with Crippen LogP contribution in [-0.4, -0.2) is 30.3 Å². The number of nitrogens with zero attached hydrogens (tertiary/aromatic N) is 1. The lowest BCUT2D eigenvalue weighted by molar-refractivity contribution is 0.318. The smallest absolute Gasteiger partial charge is 0.158 e. The van der Waals surface area contributed by atoms with E-state index in [-0.39, 0.29) is 11.5 Å². The largest absolute Gasteiger partial charge is 0.411 e. The molecule has 0 aliphatic heterocycles. The van der Waals surface area contributed by atoms with E-state index in [2.05, 4.69) is 5.16 Å². The Morgan fingerprint density at radius 1 is 1.33 bits per heavy atom. The zero-order chi connectivity index (χ0) is 13.8. The molecule has 0 saturated heterocycles. The van der Waals surface area contributed by atoms with Crippen LogP contribution in [0, 0.1) is 6.92 Å². The Balaban J connectivity index is 3.31. The van der Waals surface area contributed by atoms with Gasteiger partial charge in [-0.05, 0) is 18.9 Å². The van der Waals surface area contributed by atoms with E-state index >= 15 is 0 Å². The zero-order valence-corrected chi connectivity index (χ0v) is 11.7. The summed E-state index contributed by atoms with van der Waals surface area (Å²) in [7, 11) is -3.28. The quantitative estimate of drug-likeness (QED) is 0.507. The standard InChI is InChI=1S/C13H19NO3S/c1-4-12(18(16,17)5-2)13(14-15)11-9-7-6-8-10(11)3/h6-9,12,15H,4-5H2,1-3H3/b14-13-/t12-/m0/s1. The fraction of sp³-hybridized carbons (Fsp3) is 0.462. The molecule has 0 spiro atoms. The third kappa shape index (κ3) is 2.90. The van der Waals surface area contributed by atoms with Gasteiger partial charge in [-0.3, -0.25) is 0 Å². The van der Waals surface area contributed by atoms with Gasteiger partial charge >= 0.3 is 0 Å². The first-order valence-electron chi connectivity index (χ1n) is 5.97. The molecule has 18 heavy (non-hydrogen) atoms. The van der Waals surface area contributed by atoms with Crippen molar-refractivity contribution in [2.45, 2.75) is 32.4 Å². The van der Waals surface area contributed by atoms with Crippen molar-refractivity contribution >= 4 is 15.5 Å². The van der Waals surface area contributed by atoms with Crippen LogP contribution in [0.2, 0.25) is 0 Å². The van der Waals surface area contributed by atoms with E-state index in [1.54, 1.807) is 26.0 Å². The van der Waals surface area contributed by atoms with E-state index in [4.69, 9.17) is 0 Å². The molecule has 5 heteroatoms. The Labute approximate surface area is 108 Å². The summed E-state index contributed by atoms with van der Waals surface area (Å²) < 4.78 is 24.0. The highest BCUT2D eigenvalue weighted by Crippen LogP contribution is 2.18. The number of aryl methyl sites for hydroxylation is 1. The van der Waals surface area contributed by atoms with Crippen molar-refractivity contribution in [1.29, 1.82) is 0 Å². The van der Waals surface area contributed by atoms with Crippen LogP contribution in [0.15, 0.2) is 29.4 Å². The van der Waals surface area contributed by atoms with Gasteiger partial charge in [-0.15, -0.1) is 0 Å². The van der Waals surface area contributed by atoms with Crippen molar-refractivity contribution in [3.8, 4) is 0 Å². The second-order valence-corrected chi connectivity index (χ2v) is 6.62. The molecule has 0 aliphatic carbocycles. The van der Waals surface area contributed by atoms with Crippen LogP contribution in [0.1, 0.15) is 31.4 Å². The summed E-state index contributed by atoms with van der Waals surface area (Å²) in [6.45, 7) is 5.25. The summed E-state index contributed by atoms with van der Waals surface area (Å²) >= 11 is 0. The van der Waals surface area contributed by atoms with E-state index in [1.165, 1.54) is 0 Å². The maximum Gasteiger partial charge on any atom is 0.158 e. The Morgan fingerprint density at radius 3 is 2.39 bits per heavy atom. The average Bonchev–Trinajstić information content (AvgIpc) is 2.36. The minimum absolute atomic E-state index is 0.0381. The van der Waals surface area contributed by atoms with Crippen molar-refractivity contribution in [3.05, 3.63) is 35.4 Å². The van der Waals surface area contributed by atoms with Gasteiger partial charge in [0.2, 0.25) is 0 Å². The summed E-state index contributed by atoms with van der Waals surface area (Å²) in [6, 6.07) is 7.31. The van der Waals surface area contributed by atoms with E-state index in [9.17, 15) is 13.6 Å². The van der Waals surface area contributed by atoms with Crippen molar-refractivity contribution in [1.82, 2.24) is 0 Å². The van der Waals surface area contributed by atoms with E-state index in [0.29, 0.717) is 12.0 Å². The average molecular weight is 269 g/mol. The van der Waals surface area contributed by atoms with Crippen molar-refractivity contribution < 1.29 is 13.6 Å². The third-order valence-electron chi connectivity index (χ3n) is 3.04. The fourth-order valence-electron chi connectivity index (χ4n) is 1.97. The number of oxime groups is 1. The molecule has 1 aromatic rings. The van der Waals surface area contributed by atoms with Crippen LogP contribution >= 0.6 is 0 Å². The van der Waals surface area contributed by atoms with Crippen molar-refractivity contribution in [3.63, 3.8) is 0 Å². The summed E-state index contributed by atoms with van der Waals surface area (Å²) in [5.41, 5.74) is 1.82. The Hall–Kier alpha value is -1.36. The second-order valence-electron chi connectivity index (χ2n) is 4.15. The molecule has 1 atom stereocenters. The van der Waals surface area contributed by atoms with E-state index < -0.39 is 15.1 Å². The van der Waals surface area contributed by atoms with Crippen LogP contribution in [0.3, 0.4) is 0 Å². The van der Waals surface area contributed by atoms with Crippen molar-refractivity contribution in [2.75, 3.05) is 5.75 Å². The Morgan fingerprint density at radius 2 is 1.94 bits per heavy atom. The first-order valence-corrected chi connectivity index (χ1v) is 7.69. The number of hydrogen-bond acceptors (Lipinski definition) is 4. The van der Waals surface area contributed by atoms with Gasteiger partial charge in [0.1, 0.15) is 11.0 Å². The lowest BCUT2D eigenvalue weighted by Gasteiger charge is -2.17. The monoisotopic (exact) mass is 269 g/mol. The molecule has 0 aliphatic rings. The highest BCUT2D eigenvalue weighted by atomic mass is 32.2. The highest BCUT2D eigenvalue weighted by Gasteiger charge is 2.29. The van der Waals surface area contributed by atoms with E-state index in [1.807, 2.05) is 19.1 Å². The zero-order valence-electron chi connectivity index (χ0n) is 10.9. The normalized spacial score (nSPS) is 14.5. The van der Waals surface area contributed by atoms with Crippen LogP contribution in [0.25, 0.3) is 0 Å².